The molecule has 0 aliphatic carbocycles. The van der Waals surface area contributed by atoms with Crippen LogP contribution in [0.1, 0.15) is 12.7 Å². The van der Waals surface area contributed by atoms with Crippen LogP contribution in [-0.4, -0.2) is 33.1 Å². The summed E-state index contributed by atoms with van der Waals surface area (Å²) in [4.78, 5) is 11.7. The summed E-state index contributed by atoms with van der Waals surface area (Å²) in [6, 6.07) is 11.6. The van der Waals surface area contributed by atoms with Crippen LogP contribution in [0.3, 0.4) is 0 Å². The molecule has 0 aliphatic heterocycles. The Morgan fingerprint density at radius 3 is 2.62 bits per heavy atom. The van der Waals surface area contributed by atoms with E-state index in [1.165, 1.54) is 18.9 Å². The average Bonchev–Trinajstić information content (AvgIpc) is 3.20. The van der Waals surface area contributed by atoms with E-state index in [1.807, 2.05) is 47.9 Å². The van der Waals surface area contributed by atoms with Crippen LogP contribution in [0.15, 0.2) is 52.2 Å². The summed E-state index contributed by atoms with van der Waals surface area (Å²) in [7, 11) is 1.38. The number of esters is 1. The molecule has 3 aromatic rings. The number of rotatable bonds is 5. The number of methoxy groups -OCH3 is 1. The van der Waals surface area contributed by atoms with Gasteiger partial charge in [-0.1, -0.05) is 30.0 Å². The molecular formula is C17H17N3O3S. The Bertz CT molecular complexity index is 842. The molecule has 6 nitrogen and oxygen atoms in total. The van der Waals surface area contributed by atoms with Crippen molar-refractivity contribution >= 4 is 17.7 Å². The van der Waals surface area contributed by atoms with Crippen molar-refractivity contribution in [3.63, 3.8) is 0 Å². The third-order valence-corrected chi connectivity index (χ3v) is 4.58. The highest BCUT2D eigenvalue weighted by molar-refractivity contribution is 8.00. The Kier molecular flexibility index (Phi) is 4.71. The van der Waals surface area contributed by atoms with Crippen molar-refractivity contribution in [1.29, 1.82) is 0 Å². The number of aromatic nitrogens is 3. The average molecular weight is 343 g/mol. The quantitative estimate of drug-likeness (QED) is 0.522. The number of furan rings is 1. The van der Waals surface area contributed by atoms with E-state index in [9.17, 15) is 4.79 Å². The Morgan fingerprint density at radius 1 is 1.25 bits per heavy atom. The number of carbonyl (C=O) groups is 1. The van der Waals surface area contributed by atoms with Gasteiger partial charge >= 0.3 is 5.97 Å². The molecule has 1 atom stereocenters. The molecule has 0 radical (unpaired) electrons. The van der Waals surface area contributed by atoms with E-state index in [0.29, 0.717) is 11.0 Å². The van der Waals surface area contributed by atoms with Gasteiger partial charge in [-0.15, -0.1) is 10.2 Å². The number of aryl methyl sites for hydroxylation is 1. The van der Waals surface area contributed by atoms with Crippen molar-refractivity contribution in [2.75, 3.05) is 7.11 Å². The zero-order chi connectivity index (χ0) is 17.1. The predicted octanol–water partition coefficient (Wildman–Crippen LogP) is 3.49. The fourth-order valence-electron chi connectivity index (χ4n) is 2.32. The molecule has 0 saturated heterocycles. The molecule has 0 unspecified atom stereocenters. The van der Waals surface area contributed by atoms with Crippen LogP contribution in [0.2, 0.25) is 0 Å². The summed E-state index contributed by atoms with van der Waals surface area (Å²) < 4.78 is 12.1. The summed E-state index contributed by atoms with van der Waals surface area (Å²) in [6.07, 6.45) is 1.62. The molecule has 0 spiro atoms. The van der Waals surface area contributed by atoms with Gasteiger partial charge in [0, 0.05) is 5.69 Å². The van der Waals surface area contributed by atoms with Crippen molar-refractivity contribution in [3.8, 4) is 17.1 Å². The molecular weight excluding hydrogens is 326 g/mol. The lowest BCUT2D eigenvalue weighted by Gasteiger charge is -2.12. The van der Waals surface area contributed by atoms with Gasteiger partial charge in [0.05, 0.1) is 18.9 Å². The van der Waals surface area contributed by atoms with Crippen LogP contribution in [0.5, 0.6) is 0 Å². The summed E-state index contributed by atoms with van der Waals surface area (Å²) in [5.41, 5.74) is 1.78. The van der Waals surface area contributed by atoms with Gasteiger partial charge in [0.1, 0.15) is 11.0 Å². The van der Waals surface area contributed by atoms with E-state index < -0.39 is 0 Å². The van der Waals surface area contributed by atoms with Crippen LogP contribution in [0.4, 0.5) is 0 Å². The van der Waals surface area contributed by atoms with Crippen LogP contribution in [-0.2, 0) is 9.53 Å². The first-order valence-electron chi connectivity index (χ1n) is 7.41. The largest absolute Gasteiger partial charge is 0.469 e. The fourth-order valence-corrected chi connectivity index (χ4v) is 3.21. The molecule has 2 aromatic heterocycles. The molecule has 7 heteroatoms. The third kappa shape index (κ3) is 3.07. The van der Waals surface area contributed by atoms with Crippen LogP contribution in [0.25, 0.3) is 17.1 Å². The molecule has 0 N–H and O–H groups in total. The second-order valence-electron chi connectivity index (χ2n) is 5.15. The zero-order valence-electron chi connectivity index (χ0n) is 13.6. The predicted molar refractivity (Wildman–Crippen MR) is 91.1 cm³/mol. The van der Waals surface area contributed by atoms with Crippen molar-refractivity contribution in [1.82, 2.24) is 14.8 Å². The Morgan fingerprint density at radius 2 is 2.00 bits per heavy atom. The Hall–Kier alpha value is -2.54. The molecule has 0 amide bonds. The lowest BCUT2D eigenvalue weighted by molar-refractivity contribution is -0.139. The number of para-hydroxylation sites is 1. The highest BCUT2D eigenvalue weighted by atomic mass is 32.2. The van der Waals surface area contributed by atoms with Crippen molar-refractivity contribution in [2.45, 2.75) is 24.3 Å². The molecule has 0 bridgehead atoms. The van der Waals surface area contributed by atoms with Gasteiger partial charge in [0.15, 0.2) is 11.0 Å². The second kappa shape index (κ2) is 6.92. The van der Waals surface area contributed by atoms with E-state index in [2.05, 4.69) is 10.2 Å². The van der Waals surface area contributed by atoms with E-state index in [1.54, 1.807) is 13.2 Å². The summed E-state index contributed by atoms with van der Waals surface area (Å²) in [5.74, 6) is 1.13. The summed E-state index contributed by atoms with van der Waals surface area (Å²) in [6.45, 7) is 3.66. The highest BCUT2D eigenvalue weighted by Crippen LogP contribution is 2.31. The molecule has 0 aliphatic rings. The van der Waals surface area contributed by atoms with Gasteiger partial charge < -0.3 is 9.15 Å². The van der Waals surface area contributed by atoms with Gasteiger partial charge in [-0.25, -0.2) is 0 Å². The second-order valence-corrected chi connectivity index (χ2v) is 6.46. The van der Waals surface area contributed by atoms with E-state index in [-0.39, 0.29) is 11.2 Å². The van der Waals surface area contributed by atoms with Crippen molar-refractivity contribution in [2.24, 2.45) is 0 Å². The number of hydrogen-bond donors (Lipinski definition) is 0. The van der Waals surface area contributed by atoms with Crippen molar-refractivity contribution < 1.29 is 13.9 Å². The van der Waals surface area contributed by atoms with E-state index in [0.717, 1.165) is 17.0 Å². The maximum atomic E-state index is 11.7. The lowest BCUT2D eigenvalue weighted by Crippen LogP contribution is -2.15. The van der Waals surface area contributed by atoms with E-state index >= 15 is 0 Å². The zero-order valence-corrected chi connectivity index (χ0v) is 14.4. The lowest BCUT2D eigenvalue weighted by atomic mass is 10.2. The maximum absolute atomic E-state index is 11.7. The molecule has 24 heavy (non-hydrogen) atoms. The molecule has 3 rings (SSSR count). The van der Waals surface area contributed by atoms with Crippen LogP contribution >= 0.6 is 11.8 Å². The minimum Gasteiger partial charge on any atom is -0.469 e. The summed E-state index contributed by atoms with van der Waals surface area (Å²) in [5, 5.41) is 8.82. The smallest absolute Gasteiger partial charge is 0.318 e. The van der Waals surface area contributed by atoms with Crippen LogP contribution < -0.4 is 0 Å². The maximum Gasteiger partial charge on any atom is 0.318 e. The number of carbonyl (C=O) groups excluding carboxylic acids is 1. The molecule has 1 aromatic carbocycles. The Labute approximate surface area is 143 Å². The highest BCUT2D eigenvalue weighted by Gasteiger charge is 2.23. The number of hydrogen-bond acceptors (Lipinski definition) is 6. The molecule has 2 heterocycles. The monoisotopic (exact) mass is 343 g/mol. The Balaban J connectivity index is 2.09. The van der Waals surface area contributed by atoms with Crippen molar-refractivity contribution in [3.05, 3.63) is 48.4 Å². The van der Waals surface area contributed by atoms with Gasteiger partial charge in [-0.3, -0.25) is 9.36 Å². The topological polar surface area (TPSA) is 70.2 Å². The first-order chi connectivity index (χ1) is 11.6. The standard InChI is InChI=1S/C17H17N3O3S/c1-11-14(9-10-23-11)15-18-19-17(24-12(2)16(21)22-3)20(15)13-7-5-4-6-8-13/h4-10,12H,1-3H3/t12-/m1/s1. The number of ether oxygens (including phenoxy) is 1. The molecule has 0 fully saturated rings. The number of thioether (sulfide) groups is 1. The minimum absolute atomic E-state index is 0.302. The SMILES string of the molecule is COC(=O)[C@@H](C)Sc1nnc(-c2ccoc2C)n1-c1ccccc1. The third-order valence-electron chi connectivity index (χ3n) is 3.56. The summed E-state index contributed by atoms with van der Waals surface area (Å²) >= 11 is 1.31. The fraction of sp³-hybridized carbons (Fsp3) is 0.235. The van der Waals surface area contributed by atoms with Gasteiger partial charge in [0.2, 0.25) is 0 Å². The molecule has 124 valence electrons. The van der Waals surface area contributed by atoms with Gasteiger partial charge in [0.25, 0.3) is 0 Å². The normalized spacial score (nSPS) is 12.1. The first-order valence-corrected chi connectivity index (χ1v) is 8.29. The number of nitrogens with zero attached hydrogens (tertiary/aromatic N) is 3. The van der Waals surface area contributed by atoms with E-state index in [4.69, 9.17) is 9.15 Å². The minimum atomic E-state index is -0.389. The molecule has 0 saturated carbocycles. The van der Waals surface area contributed by atoms with Gasteiger partial charge in [-0.05, 0) is 32.0 Å². The first kappa shape index (κ1) is 16.3. The van der Waals surface area contributed by atoms with Gasteiger partial charge in [-0.2, -0.15) is 0 Å². The van der Waals surface area contributed by atoms with Crippen LogP contribution in [0, 0.1) is 6.92 Å². The number of benzene rings is 1.